The molecule has 0 spiro atoms. The van der Waals surface area contributed by atoms with Gasteiger partial charge in [0.15, 0.2) is 0 Å². The second kappa shape index (κ2) is 7.77. The Morgan fingerprint density at radius 3 is 2.00 bits per heavy atom. The lowest BCUT2D eigenvalue weighted by Gasteiger charge is -2.40. The molecule has 1 aliphatic rings. The van der Waals surface area contributed by atoms with Crippen molar-refractivity contribution >= 4 is 23.2 Å². The number of nitrogens with two attached hydrogens (primary N) is 1. The predicted octanol–water partition coefficient (Wildman–Crippen LogP) is 0.922. The molecular weight excluding hydrogens is 262 g/mol. The summed E-state index contributed by atoms with van der Waals surface area (Å²) in [7, 11) is 0. The van der Waals surface area contributed by atoms with Crippen LogP contribution in [-0.4, -0.2) is 64.1 Å². The van der Waals surface area contributed by atoms with E-state index in [0.29, 0.717) is 11.4 Å². The first-order valence-corrected chi connectivity index (χ1v) is 7.42. The Kier molecular flexibility index (Phi) is 6.68. The topological polar surface area (TPSA) is 69.8 Å². The Morgan fingerprint density at radius 2 is 1.68 bits per heavy atom. The summed E-state index contributed by atoms with van der Waals surface area (Å²) in [6.07, 6.45) is 2.67. The zero-order valence-corrected chi connectivity index (χ0v) is 12.7. The molecule has 1 fully saturated rings. The number of carboxylic acids is 1. The monoisotopic (exact) mass is 287 g/mol. The first-order valence-electron chi connectivity index (χ1n) is 7.01. The van der Waals surface area contributed by atoms with Crippen LogP contribution in [0.3, 0.4) is 0 Å². The summed E-state index contributed by atoms with van der Waals surface area (Å²) in [4.78, 5) is 16.0. The van der Waals surface area contributed by atoms with E-state index in [2.05, 4.69) is 11.8 Å². The summed E-state index contributed by atoms with van der Waals surface area (Å²) >= 11 is 5.14. The maximum Gasteiger partial charge on any atom is 0.320 e. The Bertz CT molecular complexity index is 317. The van der Waals surface area contributed by atoms with Crippen molar-refractivity contribution in [3.05, 3.63) is 0 Å². The second-order valence-corrected chi connectivity index (χ2v) is 5.51. The van der Waals surface area contributed by atoms with Crippen LogP contribution in [0.2, 0.25) is 0 Å². The first kappa shape index (κ1) is 16.3. The fraction of sp³-hybridized carbons (Fsp3) is 0.846. The zero-order valence-electron chi connectivity index (χ0n) is 11.8. The molecule has 0 radical (unpaired) electrons. The van der Waals surface area contributed by atoms with Crippen molar-refractivity contribution in [2.24, 2.45) is 5.73 Å². The molecule has 0 aromatic carbocycles. The van der Waals surface area contributed by atoms with Crippen LogP contribution in [0.15, 0.2) is 0 Å². The summed E-state index contributed by atoms with van der Waals surface area (Å²) in [5, 5.41) is 9.18. The molecule has 0 bridgehead atoms. The first-order chi connectivity index (χ1) is 9.01. The van der Waals surface area contributed by atoms with Crippen LogP contribution < -0.4 is 5.73 Å². The number of carboxylic acid groups (broad SMARTS) is 1. The number of hydrogen-bond acceptors (Lipinski definition) is 4. The molecule has 0 aromatic rings. The van der Waals surface area contributed by atoms with Crippen molar-refractivity contribution in [1.82, 2.24) is 9.80 Å². The van der Waals surface area contributed by atoms with Crippen LogP contribution in [0, 0.1) is 0 Å². The van der Waals surface area contributed by atoms with Crippen LogP contribution in [0.4, 0.5) is 0 Å². The highest BCUT2D eigenvalue weighted by Gasteiger charge is 2.30. The van der Waals surface area contributed by atoms with E-state index in [9.17, 15) is 9.90 Å². The van der Waals surface area contributed by atoms with E-state index in [4.69, 9.17) is 18.0 Å². The highest BCUT2D eigenvalue weighted by molar-refractivity contribution is 7.80. The van der Waals surface area contributed by atoms with Gasteiger partial charge in [0.25, 0.3) is 0 Å². The van der Waals surface area contributed by atoms with E-state index < -0.39 is 5.97 Å². The van der Waals surface area contributed by atoms with Gasteiger partial charge in [-0.2, -0.15) is 0 Å². The number of aliphatic carboxylic acids is 1. The molecule has 19 heavy (non-hydrogen) atoms. The Morgan fingerprint density at radius 1 is 1.21 bits per heavy atom. The molecule has 1 rings (SSSR count). The van der Waals surface area contributed by atoms with Crippen molar-refractivity contribution < 1.29 is 9.90 Å². The van der Waals surface area contributed by atoms with Gasteiger partial charge in [0.1, 0.15) is 6.04 Å². The third-order valence-corrected chi connectivity index (χ3v) is 4.06. The minimum atomic E-state index is -0.726. The molecule has 3 N–H and O–H groups in total. The van der Waals surface area contributed by atoms with Crippen LogP contribution in [0.25, 0.3) is 0 Å². The molecule has 0 saturated carbocycles. The molecule has 0 aliphatic carbocycles. The molecule has 1 heterocycles. The SMILES string of the molecule is CCCC(C(N)=S)N1CCN(C(CC)C(=O)O)CC1. The maximum atomic E-state index is 11.2. The van der Waals surface area contributed by atoms with Gasteiger partial charge in [-0.1, -0.05) is 32.5 Å². The fourth-order valence-electron chi connectivity index (χ4n) is 2.73. The highest BCUT2D eigenvalue weighted by atomic mass is 32.1. The van der Waals surface area contributed by atoms with Gasteiger partial charge in [-0.15, -0.1) is 0 Å². The third kappa shape index (κ3) is 4.40. The van der Waals surface area contributed by atoms with Gasteiger partial charge in [-0.25, -0.2) is 0 Å². The highest BCUT2D eigenvalue weighted by Crippen LogP contribution is 2.14. The summed E-state index contributed by atoms with van der Waals surface area (Å²) < 4.78 is 0. The number of hydrogen-bond donors (Lipinski definition) is 2. The number of carbonyl (C=O) groups is 1. The van der Waals surface area contributed by atoms with Crippen molar-refractivity contribution in [3.63, 3.8) is 0 Å². The lowest BCUT2D eigenvalue weighted by Crippen LogP contribution is -2.56. The van der Waals surface area contributed by atoms with Gasteiger partial charge >= 0.3 is 5.97 Å². The summed E-state index contributed by atoms with van der Waals surface area (Å²) in [6.45, 7) is 7.26. The molecular formula is C13H25N3O2S. The van der Waals surface area contributed by atoms with Crippen molar-refractivity contribution in [1.29, 1.82) is 0 Å². The van der Waals surface area contributed by atoms with Gasteiger partial charge in [0, 0.05) is 26.2 Å². The number of nitrogens with zero attached hydrogens (tertiary/aromatic N) is 2. The van der Waals surface area contributed by atoms with Crippen molar-refractivity contribution in [3.8, 4) is 0 Å². The quantitative estimate of drug-likeness (QED) is 0.679. The van der Waals surface area contributed by atoms with Crippen molar-refractivity contribution in [2.45, 2.75) is 45.2 Å². The van der Waals surface area contributed by atoms with E-state index in [1.165, 1.54) is 0 Å². The summed E-state index contributed by atoms with van der Waals surface area (Å²) in [5.74, 6) is -0.726. The number of piperazine rings is 1. The Labute approximate surface area is 120 Å². The number of thiocarbonyl (C=S) groups is 1. The maximum absolute atomic E-state index is 11.2. The van der Waals surface area contributed by atoms with Gasteiger partial charge in [-0.3, -0.25) is 14.6 Å². The largest absolute Gasteiger partial charge is 0.480 e. The normalized spacial score (nSPS) is 20.9. The van der Waals surface area contributed by atoms with Gasteiger partial charge in [-0.05, 0) is 12.8 Å². The third-order valence-electron chi connectivity index (χ3n) is 3.79. The summed E-state index contributed by atoms with van der Waals surface area (Å²) in [6, 6.07) is -0.205. The lowest BCUT2D eigenvalue weighted by atomic mass is 10.1. The second-order valence-electron chi connectivity index (χ2n) is 5.04. The molecule has 1 saturated heterocycles. The van der Waals surface area contributed by atoms with Crippen LogP contribution in [0.5, 0.6) is 0 Å². The number of rotatable bonds is 7. The average molecular weight is 287 g/mol. The lowest BCUT2D eigenvalue weighted by molar-refractivity contribution is -0.144. The standard InChI is InChI=1S/C13H25N3O2S/c1-3-5-11(12(14)19)16-8-6-15(7-9-16)10(4-2)13(17)18/h10-11H,3-9H2,1-2H3,(H2,14,19)(H,17,18). The van der Waals surface area contributed by atoms with E-state index >= 15 is 0 Å². The summed E-state index contributed by atoms with van der Waals surface area (Å²) in [5.41, 5.74) is 5.80. The minimum absolute atomic E-state index is 0.159. The molecule has 0 amide bonds. The van der Waals surface area contributed by atoms with E-state index in [0.717, 1.165) is 39.0 Å². The average Bonchev–Trinajstić information content (AvgIpc) is 2.37. The Balaban J connectivity index is 2.56. The Hall–Kier alpha value is -0.720. The van der Waals surface area contributed by atoms with E-state index in [1.807, 2.05) is 11.8 Å². The minimum Gasteiger partial charge on any atom is -0.480 e. The van der Waals surface area contributed by atoms with Crippen LogP contribution in [-0.2, 0) is 4.79 Å². The molecule has 5 nitrogen and oxygen atoms in total. The molecule has 110 valence electrons. The van der Waals surface area contributed by atoms with Gasteiger partial charge in [0.2, 0.25) is 0 Å². The fourth-order valence-corrected chi connectivity index (χ4v) is 2.99. The van der Waals surface area contributed by atoms with Crippen LogP contribution >= 0.6 is 12.2 Å². The van der Waals surface area contributed by atoms with E-state index in [-0.39, 0.29) is 12.1 Å². The van der Waals surface area contributed by atoms with Gasteiger partial charge < -0.3 is 10.8 Å². The molecule has 0 aromatic heterocycles. The van der Waals surface area contributed by atoms with Crippen molar-refractivity contribution in [2.75, 3.05) is 26.2 Å². The molecule has 1 aliphatic heterocycles. The smallest absolute Gasteiger partial charge is 0.320 e. The zero-order chi connectivity index (χ0) is 14.4. The predicted molar refractivity (Wildman–Crippen MR) is 80.3 cm³/mol. The van der Waals surface area contributed by atoms with Gasteiger partial charge in [0.05, 0.1) is 11.0 Å². The molecule has 6 heteroatoms. The van der Waals surface area contributed by atoms with E-state index in [1.54, 1.807) is 0 Å². The molecule has 2 unspecified atom stereocenters. The van der Waals surface area contributed by atoms with Crippen LogP contribution in [0.1, 0.15) is 33.1 Å². The molecule has 2 atom stereocenters.